The number of para-hydroxylation sites is 2. The van der Waals surface area contributed by atoms with E-state index in [1.165, 1.54) is 10.9 Å². The lowest BCUT2D eigenvalue weighted by molar-refractivity contribution is 0.0679. The third-order valence-corrected chi connectivity index (χ3v) is 6.75. The second-order valence-corrected chi connectivity index (χ2v) is 8.69. The van der Waals surface area contributed by atoms with Gasteiger partial charge in [0.2, 0.25) is 0 Å². The van der Waals surface area contributed by atoms with Crippen molar-refractivity contribution in [2.75, 3.05) is 20.8 Å². The third kappa shape index (κ3) is 3.18. The Morgan fingerprint density at radius 2 is 1.97 bits per heavy atom. The highest BCUT2D eigenvalue weighted by molar-refractivity contribution is 5.94. The van der Waals surface area contributed by atoms with Crippen LogP contribution >= 0.6 is 0 Å². The van der Waals surface area contributed by atoms with E-state index < -0.39 is 0 Å². The van der Waals surface area contributed by atoms with E-state index in [0.29, 0.717) is 29.7 Å². The minimum Gasteiger partial charge on any atom is -0.493 e. The molecule has 0 bridgehead atoms. The molecule has 1 saturated carbocycles. The smallest absolute Gasteiger partial charge is 0.276 e. The van der Waals surface area contributed by atoms with Gasteiger partial charge in [0.05, 0.1) is 14.2 Å². The van der Waals surface area contributed by atoms with Crippen LogP contribution in [0.5, 0.6) is 11.5 Å². The lowest BCUT2D eigenvalue weighted by Crippen LogP contribution is -2.41. The largest absolute Gasteiger partial charge is 0.493 e. The van der Waals surface area contributed by atoms with Crippen LogP contribution in [-0.4, -0.2) is 41.7 Å². The van der Waals surface area contributed by atoms with Crippen LogP contribution in [0, 0.1) is 0 Å². The molecule has 1 aliphatic heterocycles. The Hall–Kier alpha value is -3.74. The number of hydrogen-bond acceptors (Lipinski definition) is 5. The molecule has 1 fully saturated rings. The van der Waals surface area contributed by atoms with Crippen LogP contribution in [0.4, 0.5) is 0 Å². The van der Waals surface area contributed by atoms with Gasteiger partial charge in [0, 0.05) is 40.7 Å². The molecule has 33 heavy (non-hydrogen) atoms. The van der Waals surface area contributed by atoms with Crippen LogP contribution in [0.15, 0.2) is 53.1 Å². The van der Waals surface area contributed by atoms with Gasteiger partial charge in [0.25, 0.3) is 5.91 Å². The molecule has 1 N–H and O–H groups in total. The minimum absolute atomic E-state index is 0.148. The lowest BCUT2D eigenvalue weighted by atomic mass is 9.91. The number of nitrogens with one attached hydrogen (secondary N) is 1. The Kier molecular flexibility index (Phi) is 4.64. The van der Waals surface area contributed by atoms with Gasteiger partial charge in [-0.1, -0.05) is 35.5 Å². The first-order valence-electron chi connectivity index (χ1n) is 11.3. The van der Waals surface area contributed by atoms with Gasteiger partial charge in [-0.25, -0.2) is 0 Å². The summed E-state index contributed by atoms with van der Waals surface area (Å²) < 4.78 is 16.8. The summed E-state index contributed by atoms with van der Waals surface area (Å²) in [5.41, 5.74) is 4.49. The second-order valence-electron chi connectivity index (χ2n) is 8.69. The Morgan fingerprint density at radius 3 is 2.76 bits per heavy atom. The van der Waals surface area contributed by atoms with Crippen molar-refractivity contribution in [1.29, 1.82) is 0 Å². The molecule has 2 aromatic carbocycles. The first-order chi connectivity index (χ1) is 16.2. The normalized spacial score (nSPS) is 17.8. The van der Waals surface area contributed by atoms with Crippen molar-refractivity contribution in [3.05, 3.63) is 76.8 Å². The minimum atomic E-state index is -0.375. The molecule has 6 rings (SSSR count). The number of H-pyrrole nitrogens is 1. The second kappa shape index (κ2) is 7.69. The molecule has 7 nitrogen and oxygen atoms in total. The summed E-state index contributed by atoms with van der Waals surface area (Å²) in [6.07, 6.45) is 2.93. The van der Waals surface area contributed by atoms with Crippen molar-refractivity contribution in [2.24, 2.45) is 0 Å². The van der Waals surface area contributed by atoms with Gasteiger partial charge in [0.1, 0.15) is 11.8 Å². The van der Waals surface area contributed by atoms with Crippen LogP contribution in [0.2, 0.25) is 0 Å². The van der Waals surface area contributed by atoms with E-state index in [9.17, 15) is 4.79 Å². The molecule has 0 radical (unpaired) electrons. The molecule has 168 valence electrons. The Bertz CT molecular complexity index is 1350. The standard InChI is InChI=1S/C26H25N3O4/c1-31-21-9-5-7-18(25(21)32-2)24-23-17(16-6-3-4-8-19(16)27-23)12-13-29(24)26(30)20-14-22(33-28-20)15-10-11-15/h3-9,14-15,24,27H,10-13H2,1-2H3/t24-/m1/s1. The van der Waals surface area contributed by atoms with Crippen molar-refractivity contribution in [2.45, 2.75) is 31.2 Å². The number of aromatic amines is 1. The predicted molar refractivity (Wildman–Crippen MR) is 123 cm³/mol. The summed E-state index contributed by atoms with van der Waals surface area (Å²) in [4.78, 5) is 19.2. The molecule has 7 heteroatoms. The average Bonchev–Trinajstić information content (AvgIpc) is 3.46. The molecule has 1 atom stereocenters. The zero-order valence-electron chi connectivity index (χ0n) is 18.6. The van der Waals surface area contributed by atoms with Gasteiger partial charge in [-0.05, 0) is 37.0 Å². The van der Waals surface area contributed by atoms with Crippen LogP contribution in [0.1, 0.15) is 57.9 Å². The fourth-order valence-electron chi connectivity index (χ4n) is 5.01. The fraction of sp³-hybridized carbons (Fsp3) is 0.308. The summed E-state index contributed by atoms with van der Waals surface area (Å²) >= 11 is 0. The molecule has 3 heterocycles. The summed E-state index contributed by atoms with van der Waals surface area (Å²) in [6, 6.07) is 15.5. The van der Waals surface area contributed by atoms with Gasteiger partial charge in [-0.15, -0.1) is 0 Å². The molecule has 2 aromatic heterocycles. The van der Waals surface area contributed by atoms with Gasteiger partial charge in [-0.3, -0.25) is 4.79 Å². The zero-order valence-corrected chi connectivity index (χ0v) is 18.6. The predicted octanol–water partition coefficient (Wildman–Crippen LogP) is 4.84. The van der Waals surface area contributed by atoms with Crippen molar-refractivity contribution in [1.82, 2.24) is 15.0 Å². The molecular formula is C26H25N3O4. The molecule has 1 aliphatic carbocycles. The zero-order chi connectivity index (χ0) is 22.5. The number of nitrogens with zero attached hydrogens (tertiary/aromatic N) is 2. The van der Waals surface area contributed by atoms with Crippen molar-refractivity contribution < 1.29 is 18.8 Å². The number of rotatable bonds is 5. The Balaban J connectivity index is 1.51. The van der Waals surface area contributed by atoms with E-state index in [2.05, 4.69) is 22.3 Å². The van der Waals surface area contributed by atoms with E-state index in [1.54, 1.807) is 20.3 Å². The highest BCUT2D eigenvalue weighted by Gasteiger charge is 2.38. The number of ether oxygens (including phenoxy) is 2. The average molecular weight is 444 g/mol. The number of benzene rings is 2. The number of carbonyl (C=O) groups excluding carboxylic acids is 1. The maximum Gasteiger partial charge on any atom is 0.276 e. The van der Waals surface area contributed by atoms with Crippen LogP contribution < -0.4 is 9.47 Å². The molecule has 2 aliphatic rings. The first-order valence-corrected chi connectivity index (χ1v) is 11.3. The first kappa shape index (κ1) is 19.9. The molecule has 0 saturated heterocycles. The maximum absolute atomic E-state index is 13.7. The lowest BCUT2D eigenvalue weighted by Gasteiger charge is -2.36. The van der Waals surface area contributed by atoms with E-state index in [0.717, 1.165) is 41.8 Å². The highest BCUT2D eigenvalue weighted by Crippen LogP contribution is 2.45. The number of amides is 1. The fourth-order valence-corrected chi connectivity index (χ4v) is 5.01. The SMILES string of the molecule is COc1cccc([C@@H]2c3[nH]c4ccccc4c3CCN2C(=O)c2cc(C3CC3)on2)c1OC. The van der Waals surface area contributed by atoms with Gasteiger partial charge >= 0.3 is 0 Å². The Morgan fingerprint density at radius 1 is 1.12 bits per heavy atom. The summed E-state index contributed by atoms with van der Waals surface area (Å²) in [6.45, 7) is 0.560. The van der Waals surface area contributed by atoms with Gasteiger partial charge < -0.3 is 23.9 Å². The maximum atomic E-state index is 13.7. The van der Waals surface area contributed by atoms with E-state index in [4.69, 9.17) is 14.0 Å². The molecule has 0 unspecified atom stereocenters. The van der Waals surface area contributed by atoms with Crippen molar-refractivity contribution in [3.63, 3.8) is 0 Å². The van der Waals surface area contributed by atoms with E-state index in [-0.39, 0.29) is 11.9 Å². The number of carbonyl (C=O) groups is 1. The number of hydrogen-bond donors (Lipinski definition) is 1. The summed E-state index contributed by atoms with van der Waals surface area (Å²) in [5, 5.41) is 5.31. The summed E-state index contributed by atoms with van der Waals surface area (Å²) in [7, 11) is 3.25. The van der Waals surface area contributed by atoms with Crippen molar-refractivity contribution >= 4 is 16.8 Å². The Labute approximate surface area is 191 Å². The van der Waals surface area contributed by atoms with E-state index >= 15 is 0 Å². The van der Waals surface area contributed by atoms with Gasteiger partial charge in [0.15, 0.2) is 17.2 Å². The quantitative estimate of drug-likeness (QED) is 0.477. The topological polar surface area (TPSA) is 80.6 Å². The van der Waals surface area contributed by atoms with E-state index in [1.807, 2.05) is 35.2 Å². The third-order valence-electron chi connectivity index (χ3n) is 6.75. The van der Waals surface area contributed by atoms with Crippen LogP contribution in [-0.2, 0) is 6.42 Å². The monoisotopic (exact) mass is 443 g/mol. The van der Waals surface area contributed by atoms with Crippen LogP contribution in [0.3, 0.4) is 0 Å². The highest BCUT2D eigenvalue weighted by atomic mass is 16.5. The van der Waals surface area contributed by atoms with Gasteiger partial charge in [-0.2, -0.15) is 0 Å². The molecule has 0 spiro atoms. The molecule has 1 amide bonds. The number of fused-ring (bicyclic) bond motifs is 3. The number of aromatic nitrogens is 2. The summed E-state index contributed by atoms with van der Waals surface area (Å²) in [5.74, 6) is 2.30. The number of methoxy groups -OCH3 is 2. The molecular weight excluding hydrogens is 418 g/mol. The van der Waals surface area contributed by atoms with Crippen molar-refractivity contribution in [3.8, 4) is 11.5 Å². The van der Waals surface area contributed by atoms with Crippen LogP contribution in [0.25, 0.3) is 10.9 Å². The molecule has 4 aromatic rings.